The van der Waals surface area contributed by atoms with Crippen molar-refractivity contribution in [3.05, 3.63) is 54.1 Å². The smallest absolute Gasteiger partial charge is 0.105 e. The van der Waals surface area contributed by atoms with Gasteiger partial charge in [-0.15, -0.1) is 0 Å². The van der Waals surface area contributed by atoms with Crippen LogP contribution in [0, 0.1) is 6.92 Å². The fraction of sp³-hybridized carbons (Fsp3) is 0.471. The zero-order chi connectivity index (χ0) is 14.5. The van der Waals surface area contributed by atoms with Crippen LogP contribution in [0.15, 0.2) is 42.7 Å². The molecule has 0 bridgehead atoms. The Bertz CT molecular complexity index is 549. The Morgan fingerprint density at radius 1 is 1.24 bits per heavy atom. The summed E-state index contributed by atoms with van der Waals surface area (Å²) in [7, 11) is 0. The number of nitrogens with one attached hydrogen (secondary N) is 1. The third-order valence-corrected chi connectivity index (χ3v) is 4.25. The molecule has 0 saturated carbocycles. The number of hydrogen-bond donors (Lipinski definition) is 1. The van der Waals surface area contributed by atoms with E-state index in [9.17, 15) is 0 Å². The van der Waals surface area contributed by atoms with Crippen molar-refractivity contribution in [1.29, 1.82) is 0 Å². The lowest BCUT2D eigenvalue weighted by Crippen LogP contribution is -2.52. The van der Waals surface area contributed by atoms with Crippen molar-refractivity contribution in [2.45, 2.75) is 25.9 Å². The molecule has 0 aliphatic carbocycles. The van der Waals surface area contributed by atoms with Crippen LogP contribution in [0.5, 0.6) is 0 Å². The van der Waals surface area contributed by atoms with E-state index in [1.165, 1.54) is 5.56 Å². The van der Waals surface area contributed by atoms with Gasteiger partial charge in [-0.3, -0.25) is 4.90 Å². The molecule has 0 radical (unpaired) electrons. The van der Waals surface area contributed by atoms with Crippen LogP contribution in [0.3, 0.4) is 0 Å². The van der Waals surface area contributed by atoms with Gasteiger partial charge in [0.05, 0.1) is 0 Å². The normalized spacial score (nSPS) is 19.8. The number of rotatable bonds is 5. The second-order valence-corrected chi connectivity index (χ2v) is 5.81. The van der Waals surface area contributed by atoms with Gasteiger partial charge in [0.1, 0.15) is 5.82 Å². The lowest BCUT2D eigenvalue weighted by atomic mass is 10.0. The van der Waals surface area contributed by atoms with Crippen molar-refractivity contribution >= 4 is 0 Å². The van der Waals surface area contributed by atoms with Crippen molar-refractivity contribution in [2.24, 2.45) is 0 Å². The number of aromatic nitrogens is 2. The highest BCUT2D eigenvalue weighted by atomic mass is 15.2. The minimum absolute atomic E-state index is 0.560. The van der Waals surface area contributed by atoms with Gasteiger partial charge in [0.2, 0.25) is 0 Å². The SMILES string of the molecule is Cc1nccn1CCN1CCNC(Cc2ccccc2)C1. The molecule has 112 valence electrons. The van der Waals surface area contributed by atoms with E-state index in [2.05, 4.69) is 63.2 Å². The largest absolute Gasteiger partial charge is 0.334 e. The van der Waals surface area contributed by atoms with E-state index in [1.807, 2.05) is 6.20 Å². The zero-order valence-electron chi connectivity index (χ0n) is 12.7. The van der Waals surface area contributed by atoms with E-state index in [4.69, 9.17) is 0 Å². The number of nitrogens with zero attached hydrogens (tertiary/aromatic N) is 3. The molecule has 21 heavy (non-hydrogen) atoms. The molecule has 3 rings (SSSR count). The molecule has 0 amide bonds. The van der Waals surface area contributed by atoms with E-state index in [1.54, 1.807) is 0 Å². The van der Waals surface area contributed by atoms with Gasteiger partial charge in [0.25, 0.3) is 0 Å². The van der Waals surface area contributed by atoms with Crippen LogP contribution in [0.25, 0.3) is 0 Å². The molecule has 1 unspecified atom stereocenters. The first-order chi connectivity index (χ1) is 10.3. The molecule has 1 aliphatic rings. The van der Waals surface area contributed by atoms with Gasteiger partial charge in [-0.05, 0) is 18.9 Å². The maximum atomic E-state index is 4.28. The molecule has 1 aliphatic heterocycles. The summed E-state index contributed by atoms with van der Waals surface area (Å²) in [5, 5.41) is 3.64. The van der Waals surface area contributed by atoms with Gasteiger partial charge in [-0.1, -0.05) is 30.3 Å². The summed E-state index contributed by atoms with van der Waals surface area (Å²) in [6, 6.07) is 11.3. The molecule has 1 atom stereocenters. The van der Waals surface area contributed by atoms with Gasteiger partial charge in [-0.2, -0.15) is 0 Å². The lowest BCUT2D eigenvalue weighted by molar-refractivity contribution is 0.192. The predicted octanol–water partition coefficient (Wildman–Crippen LogP) is 1.71. The van der Waals surface area contributed by atoms with Crippen molar-refractivity contribution in [1.82, 2.24) is 19.8 Å². The minimum Gasteiger partial charge on any atom is -0.334 e. The van der Waals surface area contributed by atoms with Crippen molar-refractivity contribution in [3.63, 3.8) is 0 Å². The van der Waals surface area contributed by atoms with Crippen LogP contribution in [0.1, 0.15) is 11.4 Å². The monoisotopic (exact) mass is 284 g/mol. The first-order valence-electron chi connectivity index (χ1n) is 7.78. The molecule has 2 aromatic rings. The van der Waals surface area contributed by atoms with Crippen LogP contribution < -0.4 is 5.32 Å². The molecule has 0 spiro atoms. The molecule has 1 aromatic carbocycles. The fourth-order valence-corrected chi connectivity index (χ4v) is 3.02. The topological polar surface area (TPSA) is 33.1 Å². The van der Waals surface area contributed by atoms with E-state index in [0.29, 0.717) is 6.04 Å². The molecule has 1 saturated heterocycles. The van der Waals surface area contributed by atoms with Crippen molar-refractivity contribution < 1.29 is 0 Å². The van der Waals surface area contributed by atoms with E-state index in [-0.39, 0.29) is 0 Å². The van der Waals surface area contributed by atoms with Crippen molar-refractivity contribution in [3.8, 4) is 0 Å². The second kappa shape index (κ2) is 6.87. The van der Waals surface area contributed by atoms with Crippen LogP contribution in [-0.2, 0) is 13.0 Å². The van der Waals surface area contributed by atoms with E-state index >= 15 is 0 Å². The summed E-state index contributed by atoms with van der Waals surface area (Å²) in [5.41, 5.74) is 1.42. The summed E-state index contributed by atoms with van der Waals surface area (Å²) in [6.07, 6.45) is 5.06. The van der Waals surface area contributed by atoms with E-state index < -0.39 is 0 Å². The molecule has 1 fully saturated rings. The highest BCUT2D eigenvalue weighted by Crippen LogP contribution is 2.08. The third-order valence-electron chi connectivity index (χ3n) is 4.25. The number of aryl methyl sites for hydroxylation is 1. The number of imidazole rings is 1. The summed E-state index contributed by atoms with van der Waals surface area (Å²) in [4.78, 5) is 6.84. The molecule has 2 heterocycles. The quantitative estimate of drug-likeness (QED) is 0.907. The maximum absolute atomic E-state index is 4.28. The number of benzene rings is 1. The first-order valence-corrected chi connectivity index (χ1v) is 7.78. The zero-order valence-corrected chi connectivity index (χ0v) is 12.7. The van der Waals surface area contributed by atoms with Crippen LogP contribution in [0.2, 0.25) is 0 Å². The van der Waals surface area contributed by atoms with Crippen LogP contribution in [0.4, 0.5) is 0 Å². The maximum Gasteiger partial charge on any atom is 0.105 e. The predicted molar refractivity (Wildman–Crippen MR) is 85.3 cm³/mol. The highest BCUT2D eigenvalue weighted by molar-refractivity contribution is 5.16. The highest BCUT2D eigenvalue weighted by Gasteiger charge is 2.19. The fourth-order valence-electron chi connectivity index (χ4n) is 3.02. The van der Waals surface area contributed by atoms with Crippen LogP contribution >= 0.6 is 0 Å². The first kappa shape index (κ1) is 14.3. The Morgan fingerprint density at radius 2 is 2.10 bits per heavy atom. The molecular weight excluding hydrogens is 260 g/mol. The summed E-state index contributed by atoms with van der Waals surface area (Å²) in [5.74, 6) is 1.10. The Hall–Kier alpha value is -1.65. The Kier molecular flexibility index (Phi) is 4.68. The Labute approximate surface area is 126 Å². The standard InChI is InChI=1S/C17H24N4/c1-15-18-8-10-21(15)12-11-20-9-7-19-17(14-20)13-16-5-3-2-4-6-16/h2-6,8,10,17,19H,7,9,11-14H2,1H3. The van der Waals surface area contributed by atoms with Gasteiger partial charge < -0.3 is 9.88 Å². The minimum atomic E-state index is 0.560. The summed E-state index contributed by atoms with van der Waals surface area (Å²) in [6.45, 7) is 7.55. The third kappa shape index (κ3) is 3.93. The summed E-state index contributed by atoms with van der Waals surface area (Å²) >= 11 is 0. The average Bonchev–Trinajstić information content (AvgIpc) is 2.92. The van der Waals surface area contributed by atoms with Crippen LogP contribution in [-0.4, -0.2) is 46.7 Å². The number of piperazine rings is 1. The molecule has 1 aromatic heterocycles. The van der Waals surface area contributed by atoms with Gasteiger partial charge in [0, 0.05) is 51.2 Å². The van der Waals surface area contributed by atoms with Gasteiger partial charge in [-0.25, -0.2) is 4.98 Å². The average molecular weight is 284 g/mol. The van der Waals surface area contributed by atoms with Crippen molar-refractivity contribution in [2.75, 3.05) is 26.2 Å². The molecular formula is C17H24N4. The molecule has 4 nitrogen and oxygen atoms in total. The molecule has 1 N–H and O–H groups in total. The number of hydrogen-bond acceptors (Lipinski definition) is 3. The summed E-state index contributed by atoms with van der Waals surface area (Å²) < 4.78 is 2.23. The van der Waals surface area contributed by atoms with Gasteiger partial charge in [0.15, 0.2) is 0 Å². The second-order valence-electron chi connectivity index (χ2n) is 5.81. The Balaban J connectivity index is 1.50. The van der Waals surface area contributed by atoms with E-state index in [0.717, 1.165) is 45.0 Å². The molecule has 4 heteroatoms. The van der Waals surface area contributed by atoms with Gasteiger partial charge >= 0.3 is 0 Å². The Morgan fingerprint density at radius 3 is 2.86 bits per heavy atom. The lowest BCUT2D eigenvalue weighted by Gasteiger charge is -2.34.